The predicted molar refractivity (Wildman–Crippen MR) is 52.8 cm³/mol. The number of fused-ring (bicyclic) bond motifs is 1. The molecule has 2 rings (SSSR count). The van der Waals surface area contributed by atoms with Crippen LogP contribution in [0.15, 0.2) is 10.6 Å². The molecular weight excluding hydrogens is 252 g/mol. The molecule has 4 nitrogen and oxygen atoms in total. The highest BCUT2D eigenvalue weighted by molar-refractivity contribution is 9.11. The Morgan fingerprint density at radius 3 is 2.64 bits per heavy atom. The summed E-state index contributed by atoms with van der Waals surface area (Å²) in [5.74, 6) is -0.715. The summed E-state index contributed by atoms with van der Waals surface area (Å²) in [6.45, 7) is 3.56. The largest absolute Gasteiger partial charge is 0.387 e. The minimum atomic E-state index is -0.928. The van der Waals surface area contributed by atoms with Crippen LogP contribution < -0.4 is 0 Å². The van der Waals surface area contributed by atoms with E-state index in [-0.39, 0.29) is 6.10 Å². The Hall–Kier alpha value is 0.0600. The molecule has 1 saturated heterocycles. The molecule has 0 radical (unpaired) electrons. The lowest BCUT2D eigenvalue weighted by atomic mass is 9.96. The summed E-state index contributed by atoms with van der Waals surface area (Å²) in [7, 11) is 0. The highest BCUT2D eigenvalue weighted by Gasteiger charge is 2.49. The molecule has 2 N–H and O–H groups in total. The third kappa shape index (κ3) is 1.63. The molecule has 5 heteroatoms. The summed E-state index contributed by atoms with van der Waals surface area (Å²) >= 11 is 3.30. The highest BCUT2D eigenvalue weighted by atomic mass is 79.9. The van der Waals surface area contributed by atoms with E-state index < -0.39 is 24.1 Å². The van der Waals surface area contributed by atoms with Gasteiger partial charge in [-0.25, -0.2) is 0 Å². The van der Waals surface area contributed by atoms with E-state index >= 15 is 0 Å². The maximum absolute atomic E-state index is 9.68. The molecule has 0 saturated carbocycles. The van der Waals surface area contributed by atoms with Gasteiger partial charge >= 0.3 is 0 Å². The van der Waals surface area contributed by atoms with Crippen molar-refractivity contribution in [1.29, 1.82) is 0 Å². The fraction of sp³-hybridized carbons (Fsp3) is 0.778. The number of ether oxygens (including phenoxy) is 2. The second kappa shape index (κ2) is 3.28. The average molecular weight is 265 g/mol. The third-order valence-corrected chi connectivity index (χ3v) is 3.13. The number of aliphatic hydroxyl groups is 2. The van der Waals surface area contributed by atoms with Crippen molar-refractivity contribution in [3.63, 3.8) is 0 Å². The first-order chi connectivity index (χ1) is 6.41. The summed E-state index contributed by atoms with van der Waals surface area (Å²) in [4.78, 5) is 0. The van der Waals surface area contributed by atoms with Crippen LogP contribution in [0, 0.1) is 0 Å². The Labute approximate surface area is 90.6 Å². The lowest BCUT2D eigenvalue weighted by molar-refractivity contribution is -0.158. The summed E-state index contributed by atoms with van der Waals surface area (Å²) < 4.78 is 11.8. The highest BCUT2D eigenvalue weighted by Crippen LogP contribution is 2.39. The van der Waals surface area contributed by atoms with Crippen LogP contribution >= 0.6 is 15.9 Å². The van der Waals surface area contributed by atoms with Gasteiger partial charge in [-0.15, -0.1) is 0 Å². The fourth-order valence-corrected chi connectivity index (χ4v) is 2.43. The molecule has 2 aliphatic rings. The molecule has 1 fully saturated rings. The summed E-state index contributed by atoms with van der Waals surface area (Å²) in [5.41, 5.74) is 0. The molecule has 1 aliphatic carbocycles. The van der Waals surface area contributed by atoms with Gasteiger partial charge in [0.1, 0.15) is 24.4 Å². The number of hydrogen-bond donors (Lipinski definition) is 2. The van der Waals surface area contributed by atoms with Gasteiger partial charge in [-0.05, 0) is 19.9 Å². The molecule has 0 bridgehead atoms. The van der Waals surface area contributed by atoms with E-state index in [0.717, 1.165) is 4.48 Å². The van der Waals surface area contributed by atoms with Gasteiger partial charge in [0.25, 0.3) is 0 Å². The fourth-order valence-electron chi connectivity index (χ4n) is 1.80. The van der Waals surface area contributed by atoms with Crippen molar-refractivity contribution in [1.82, 2.24) is 0 Å². The number of hydrogen-bond acceptors (Lipinski definition) is 4. The Morgan fingerprint density at radius 2 is 2.00 bits per heavy atom. The smallest absolute Gasteiger partial charge is 0.164 e. The molecule has 0 amide bonds. The van der Waals surface area contributed by atoms with Gasteiger partial charge in [-0.2, -0.15) is 0 Å². The van der Waals surface area contributed by atoms with Gasteiger partial charge in [0.15, 0.2) is 5.79 Å². The van der Waals surface area contributed by atoms with Crippen LogP contribution in [-0.4, -0.2) is 40.4 Å². The van der Waals surface area contributed by atoms with Crippen LogP contribution in [0.5, 0.6) is 0 Å². The summed E-state index contributed by atoms with van der Waals surface area (Å²) in [6, 6.07) is 0. The Balaban J connectivity index is 2.27. The molecule has 0 spiro atoms. The normalized spacial score (nSPS) is 45.9. The Kier molecular flexibility index (Phi) is 2.48. The van der Waals surface area contributed by atoms with E-state index in [2.05, 4.69) is 15.9 Å². The Bertz CT molecular complexity index is 276. The van der Waals surface area contributed by atoms with Crippen molar-refractivity contribution in [2.75, 3.05) is 0 Å². The van der Waals surface area contributed by atoms with Crippen LogP contribution in [0.3, 0.4) is 0 Å². The molecule has 1 heterocycles. The van der Waals surface area contributed by atoms with Crippen molar-refractivity contribution >= 4 is 15.9 Å². The van der Waals surface area contributed by atoms with E-state index in [4.69, 9.17) is 9.47 Å². The zero-order valence-electron chi connectivity index (χ0n) is 7.98. The van der Waals surface area contributed by atoms with E-state index in [0.29, 0.717) is 0 Å². The van der Waals surface area contributed by atoms with Crippen molar-refractivity contribution in [3.05, 3.63) is 10.6 Å². The monoisotopic (exact) mass is 264 g/mol. The van der Waals surface area contributed by atoms with Crippen LogP contribution in [0.1, 0.15) is 13.8 Å². The van der Waals surface area contributed by atoms with Gasteiger partial charge in [-0.1, -0.05) is 15.9 Å². The Morgan fingerprint density at radius 1 is 1.36 bits per heavy atom. The predicted octanol–water partition coefficient (Wildman–Crippen LogP) is 0.521. The van der Waals surface area contributed by atoms with E-state index in [1.54, 1.807) is 13.8 Å². The summed E-state index contributed by atoms with van der Waals surface area (Å²) in [6.07, 6.45) is -1.11. The first-order valence-electron chi connectivity index (χ1n) is 4.50. The third-order valence-electron chi connectivity index (χ3n) is 2.42. The minimum absolute atomic E-state index is 0.316. The van der Waals surface area contributed by atoms with E-state index in [1.165, 1.54) is 6.08 Å². The minimum Gasteiger partial charge on any atom is -0.387 e. The van der Waals surface area contributed by atoms with Gasteiger partial charge < -0.3 is 19.7 Å². The second-order valence-electron chi connectivity index (χ2n) is 4.05. The van der Waals surface area contributed by atoms with Crippen molar-refractivity contribution < 1.29 is 19.7 Å². The topological polar surface area (TPSA) is 58.9 Å². The lowest BCUT2D eigenvalue weighted by Crippen LogP contribution is -2.46. The van der Waals surface area contributed by atoms with Crippen molar-refractivity contribution in [3.8, 4) is 0 Å². The molecule has 0 aromatic heterocycles. The quantitative estimate of drug-likeness (QED) is 0.670. The van der Waals surface area contributed by atoms with Gasteiger partial charge in [0.05, 0.1) is 0 Å². The first kappa shape index (κ1) is 10.6. The molecule has 0 aromatic carbocycles. The molecule has 4 unspecified atom stereocenters. The van der Waals surface area contributed by atoms with Crippen molar-refractivity contribution in [2.24, 2.45) is 0 Å². The van der Waals surface area contributed by atoms with E-state index in [9.17, 15) is 10.2 Å². The number of aliphatic hydroxyl groups excluding tert-OH is 2. The lowest BCUT2D eigenvalue weighted by Gasteiger charge is -2.29. The van der Waals surface area contributed by atoms with E-state index in [1.807, 2.05) is 0 Å². The summed E-state index contributed by atoms with van der Waals surface area (Å²) in [5, 5.41) is 19.2. The molecule has 4 atom stereocenters. The van der Waals surface area contributed by atoms with Gasteiger partial charge in [0, 0.05) is 4.48 Å². The average Bonchev–Trinajstić information content (AvgIpc) is 2.38. The van der Waals surface area contributed by atoms with Crippen LogP contribution in [-0.2, 0) is 9.47 Å². The molecule has 0 aromatic rings. The van der Waals surface area contributed by atoms with Gasteiger partial charge in [-0.3, -0.25) is 0 Å². The van der Waals surface area contributed by atoms with Crippen molar-refractivity contribution in [2.45, 2.75) is 44.1 Å². The maximum Gasteiger partial charge on any atom is 0.164 e. The van der Waals surface area contributed by atoms with Crippen LogP contribution in [0.25, 0.3) is 0 Å². The zero-order chi connectivity index (χ0) is 10.5. The molecule has 80 valence electrons. The maximum atomic E-state index is 9.68. The number of halogens is 1. The van der Waals surface area contributed by atoms with Gasteiger partial charge in [0.2, 0.25) is 0 Å². The molecule has 1 aliphatic heterocycles. The van der Waals surface area contributed by atoms with Crippen LogP contribution in [0.4, 0.5) is 0 Å². The molecular formula is C9H13BrO4. The first-order valence-corrected chi connectivity index (χ1v) is 5.29. The van der Waals surface area contributed by atoms with Crippen LogP contribution in [0.2, 0.25) is 0 Å². The zero-order valence-corrected chi connectivity index (χ0v) is 9.56. The SMILES string of the molecule is CC1(C)OC2C(Br)=CC(O)C(O)C2O1. The standard InChI is InChI=1S/C9H13BrO4/c1-9(2)13-7-4(10)3-5(11)6(12)8(7)14-9/h3,5-8,11-12H,1-2H3. The number of rotatable bonds is 0. The second-order valence-corrected chi connectivity index (χ2v) is 4.97. The molecule has 14 heavy (non-hydrogen) atoms.